The van der Waals surface area contributed by atoms with Crippen LogP contribution in [0.3, 0.4) is 0 Å². The van der Waals surface area contributed by atoms with Gasteiger partial charge in [-0.15, -0.1) is 0 Å². The van der Waals surface area contributed by atoms with Gasteiger partial charge in [0.15, 0.2) is 0 Å². The number of rotatable bonds is 8. The average Bonchev–Trinajstić information content (AvgIpc) is 3.67. The normalized spacial score (nSPS) is 19.2. The lowest BCUT2D eigenvalue weighted by Gasteiger charge is -2.37. The summed E-state index contributed by atoms with van der Waals surface area (Å²) in [7, 11) is 1.55. The smallest absolute Gasteiger partial charge is 0.382 e. The summed E-state index contributed by atoms with van der Waals surface area (Å²) in [4.78, 5) is 23.7. The summed E-state index contributed by atoms with van der Waals surface area (Å²) in [5.74, 6) is -0.596. The van der Waals surface area contributed by atoms with E-state index in [1.165, 1.54) is 12.1 Å². The highest BCUT2D eigenvalue weighted by molar-refractivity contribution is 6.30. The van der Waals surface area contributed by atoms with Gasteiger partial charge in [0, 0.05) is 48.0 Å². The largest absolute Gasteiger partial charge is 0.433 e. The second-order valence-corrected chi connectivity index (χ2v) is 10.2. The lowest BCUT2D eigenvalue weighted by Crippen LogP contribution is -2.49. The van der Waals surface area contributed by atoms with E-state index in [0.29, 0.717) is 61.7 Å². The number of alkyl halides is 3. The Bertz CT molecular complexity index is 1260. The van der Waals surface area contributed by atoms with E-state index in [-0.39, 0.29) is 29.3 Å². The van der Waals surface area contributed by atoms with Crippen LogP contribution in [0.25, 0.3) is 0 Å². The van der Waals surface area contributed by atoms with E-state index < -0.39 is 23.2 Å². The van der Waals surface area contributed by atoms with Crippen LogP contribution in [0.4, 0.5) is 23.2 Å². The zero-order valence-electron chi connectivity index (χ0n) is 20.7. The van der Waals surface area contributed by atoms with Crippen molar-refractivity contribution in [3.05, 3.63) is 57.6 Å². The number of nitrogens with zero attached hydrogens (tertiary/aromatic N) is 3. The van der Waals surface area contributed by atoms with Gasteiger partial charge in [-0.05, 0) is 49.9 Å². The zero-order chi connectivity index (χ0) is 27.1. The summed E-state index contributed by atoms with van der Waals surface area (Å²) in [6.45, 7) is 1.52. The van der Waals surface area contributed by atoms with Crippen molar-refractivity contribution in [2.75, 3.05) is 38.3 Å². The second kappa shape index (κ2) is 10.4. The molecule has 1 N–H and O–H groups in total. The van der Waals surface area contributed by atoms with Crippen molar-refractivity contribution in [2.45, 2.75) is 49.9 Å². The van der Waals surface area contributed by atoms with Crippen molar-refractivity contribution in [3.63, 3.8) is 0 Å². The highest BCUT2D eigenvalue weighted by atomic mass is 35.5. The molecule has 1 aromatic heterocycles. The number of ether oxygens (including phenoxy) is 2. The molecule has 2 fully saturated rings. The first-order chi connectivity index (χ1) is 18.1. The number of carbonyl (C=O) groups is 1. The van der Waals surface area contributed by atoms with Crippen molar-refractivity contribution < 1.29 is 31.8 Å². The first-order valence-electron chi connectivity index (χ1n) is 12.4. The summed E-state index contributed by atoms with van der Waals surface area (Å²) in [6, 6.07) is 5.19. The Balaban J connectivity index is 1.36. The number of amidine groups is 1. The van der Waals surface area contributed by atoms with Gasteiger partial charge in [-0.1, -0.05) is 11.6 Å². The predicted molar refractivity (Wildman–Crippen MR) is 133 cm³/mol. The van der Waals surface area contributed by atoms with Crippen molar-refractivity contribution in [2.24, 2.45) is 4.99 Å². The van der Waals surface area contributed by atoms with E-state index in [9.17, 15) is 22.4 Å². The number of piperidine rings is 1. The molecule has 12 heteroatoms. The minimum Gasteiger partial charge on any atom is -0.382 e. The molecular weight excluding hydrogens is 528 g/mol. The number of hydrogen-bond donors (Lipinski definition) is 1. The molecule has 0 radical (unpaired) electrons. The maximum atomic E-state index is 14.8. The van der Waals surface area contributed by atoms with Crippen LogP contribution >= 0.6 is 11.6 Å². The lowest BCUT2D eigenvalue weighted by molar-refractivity contribution is -0.141. The van der Waals surface area contributed by atoms with Gasteiger partial charge >= 0.3 is 6.18 Å². The molecule has 2 aromatic rings. The number of anilines is 1. The third kappa shape index (κ3) is 5.37. The van der Waals surface area contributed by atoms with E-state index in [1.807, 2.05) is 4.90 Å². The number of halogens is 5. The molecule has 1 aliphatic carbocycles. The SMILES string of the molecule is COCCOCc1c(F)cc(Cl)cc1N1CCC2(CC1)N=C(c1ccc(C(F)(F)F)nc1C1CC1)NC2=O. The molecule has 3 heterocycles. The van der Waals surface area contributed by atoms with Crippen molar-refractivity contribution in [1.29, 1.82) is 0 Å². The Morgan fingerprint density at radius 1 is 1.18 bits per heavy atom. The van der Waals surface area contributed by atoms with E-state index in [2.05, 4.69) is 10.3 Å². The molecule has 1 spiro atoms. The summed E-state index contributed by atoms with van der Waals surface area (Å²) in [5, 5.41) is 3.04. The minimum atomic E-state index is -4.55. The highest BCUT2D eigenvalue weighted by Crippen LogP contribution is 2.43. The van der Waals surface area contributed by atoms with Crippen molar-refractivity contribution in [3.8, 4) is 0 Å². The lowest BCUT2D eigenvalue weighted by atomic mass is 9.87. The van der Waals surface area contributed by atoms with Crippen LogP contribution < -0.4 is 10.2 Å². The number of aliphatic imine (C=N–C) groups is 1. The number of pyridine rings is 1. The van der Waals surface area contributed by atoms with E-state index >= 15 is 0 Å². The van der Waals surface area contributed by atoms with Gasteiger partial charge in [0.2, 0.25) is 0 Å². The van der Waals surface area contributed by atoms with Gasteiger partial charge in [-0.25, -0.2) is 9.37 Å². The number of benzene rings is 1. The Morgan fingerprint density at radius 3 is 2.58 bits per heavy atom. The third-order valence-corrected chi connectivity index (χ3v) is 7.38. The third-order valence-electron chi connectivity index (χ3n) is 7.16. The van der Waals surface area contributed by atoms with Gasteiger partial charge < -0.3 is 19.7 Å². The van der Waals surface area contributed by atoms with Crippen LogP contribution in [0.5, 0.6) is 0 Å². The molecule has 5 rings (SSSR count). The first-order valence-corrected chi connectivity index (χ1v) is 12.8. The van der Waals surface area contributed by atoms with Crippen LogP contribution in [0.1, 0.15) is 54.1 Å². The van der Waals surface area contributed by atoms with Crippen LogP contribution in [0, 0.1) is 5.82 Å². The first kappa shape index (κ1) is 26.8. The molecule has 2 aliphatic heterocycles. The summed E-state index contributed by atoms with van der Waals surface area (Å²) < 4.78 is 65.1. The second-order valence-electron chi connectivity index (χ2n) is 9.77. The molecule has 1 amide bonds. The number of amides is 1. The molecule has 0 atom stereocenters. The highest BCUT2D eigenvalue weighted by Gasteiger charge is 2.47. The van der Waals surface area contributed by atoms with Gasteiger partial charge in [0.1, 0.15) is 22.9 Å². The van der Waals surface area contributed by atoms with E-state index in [4.69, 9.17) is 26.1 Å². The Kier molecular flexibility index (Phi) is 7.36. The summed E-state index contributed by atoms with van der Waals surface area (Å²) in [5.41, 5.74) is -0.297. The Morgan fingerprint density at radius 2 is 1.92 bits per heavy atom. The molecule has 1 aromatic carbocycles. The van der Waals surface area contributed by atoms with Gasteiger partial charge in [0.05, 0.1) is 25.5 Å². The molecule has 0 unspecified atom stereocenters. The summed E-state index contributed by atoms with van der Waals surface area (Å²) >= 11 is 6.15. The minimum absolute atomic E-state index is 0.0387. The van der Waals surface area contributed by atoms with Crippen LogP contribution in [0.15, 0.2) is 29.3 Å². The number of hydrogen-bond acceptors (Lipinski definition) is 6. The van der Waals surface area contributed by atoms with E-state index in [1.54, 1.807) is 13.2 Å². The number of carbonyl (C=O) groups excluding carboxylic acids is 1. The molecule has 204 valence electrons. The number of methoxy groups -OCH3 is 1. The molecule has 1 saturated heterocycles. The molecular formula is C26H27ClF4N4O3. The Hall–Kier alpha value is -2.76. The van der Waals surface area contributed by atoms with Crippen molar-refractivity contribution in [1.82, 2.24) is 10.3 Å². The van der Waals surface area contributed by atoms with Crippen LogP contribution in [-0.4, -0.2) is 55.7 Å². The Labute approximate surface area is 222 Å². The summed E-state index contributed by atoms with van der Waals surface area (Å²) in [6.07, 6.45) is -2.38. The maximum Gasteiger partial charge on any atom is 0.433 e. The quantitative estimate of drug-likeness (QED) is 0.373. The molecule has 1 saturated carbocycles. The maximum absolute atomic E-state index is 14.8. The van der Waals surface area contributed by atoms with Crippen LogP contribution in [-0.2, 0) is 27.1 Å². The van der Waals surface area contributed by atoms with Crippen molar-refractivity contribution >= 4 is 29.0 Å². The molecule has 3 aliphatic rings. The zero-order valence-corrected chi connectivity index (χ0v) is 21.5. The van der Waals surface area contributed by atoms with Gasteiger partial charge in [-0.3, -0.25) is 9.79 Å². The molecule has 7 nitrogen and oxygen atoms in total. The van der Waals surface area contributed by atoms with Gasteiger partial charge in [-0.2, -0.15) is 13.2 Å². The standard InChI is InChI=1S/C26H27ClF4N4O3/c1-37-10-11-38-14-18-19(28)12-16(27)13-20(18)35-8-6-25(7-9-35)24(36)33-23(34-25)17-4-5-21(26(29,30)31)32-22(17)15-2-3-15/h4-5,12-13,15H,2-3,6-11,14H2,1H3,(H,33,34,36). The molecule has 0 bridgehead atoms. The fourth-order valence-corrected chi connectivity index (χ4v) is 5.13. The van der Waals surface area contributed by atoms with E-state index in [0.717, 1.165) is 18.9 Å². The van der Waals surface area contributed by atoms with Crippen LogP contribution in [0.2, 0.25) is 5.02 Å². The predicted octanol–water partition coefficient (Wildman–Crippen LogP) is 4.85. The molecule has 38 heavy (non-hydrogen) atoms. The topological polar surface area (TPSA) is 76.1 Å². The number of nitrogens with one attached hydrogen (secondary N) is 1. The fraction of sp³-hybridized carbons (Fsp3) is 0.500. The average molecular weight is 555 g/mol. The monoisotopic (exact) mass is 554 g/mol. The fourth-order valence-electron chi connectivity index (χ4n) is 4.93. The van der Waals surface area contributed by atoms with Gasteiger partial charge in [0.25, 0.3) is 5.91 Å². The number of aromatic nitrogens is 1.